The van der Waals surface area contributed by atoms with Gasteiger partial charge in [0.05, 0.1) is 38.1 Å². The van der Waals surface area contributed by atoms with Gasteiger partial charge in [0.25, 0.3) is 22.3 Å². The molecule has 394 valence electrons. The summed E-state index contributed by atoms with van der Waals surface area (Å²) in [7, 11) is 0. The van der Waals surface area contributed by atoms with E-state index in [-0.39, 0.29) is 178 Å². The van der Waals surface area contributed by atoms with E-state index in [1.807, 2.05) is 0 Å². The molecule has 13 N–H and O–H groups in total. The third kappa shape index (κ3) is 18.2. The first kappa shape index (κ1) is 59.1. The Labute approximate surface area is 433 Å². The van der Waals surface area contributed by atoms with Crippen LogP contribution >= 0.6 is 0 Å². The molecule has 1 saturated heterocycles. The van der Waals surface area contributed by atoms with E-state index in [4.69, 9.17) is 5.73 Å². The zero-order valence-corrected chi connectivity index (χ0v) is 42.5. The molecule has 30 heteroatoms. The molecular weight excluding hydrogens is 1030 g/mol. The van der Waals surface area contributed by atoms with E-state index in [9.17, 15) is 73.5 Å². The van der Waals surface area contributed by atoms with E-state index in [2.05, 4.69) is 46.5 Å². The minimum absolute atomic E-state index is 0. The molecule has 3 heterocycles. The van der Waals surface area contributed by atoms with Crippen molar-refractivity contribution >= 4 is 95.6 Å². The summed E-state index contributed by atoms with van der Waals surface area (Å²) in [6.07, 6.45) is 1.11. The quantitative estimate of drug-likeness (QED) is 0.0164. The SMILES string of the molecule is Nc1nc2ncc(CNc3ccc(C(=O)N[C@@H](CCC(=O)NCCNc4c(NCCCC(C(=O)O)N5CCN(CC(=O)O)CCN(CC(=O)O)CCN(CC(=O)O)CC5)c(=O)c4=O)C(=O)O)cc3)nc2c(=O)[nH]1.[68Ga+3]. The number of nitrogens with two attached hydrogens (primary N) is 1. The molecule has 29 nitrogen and oxygen atoms in total. The summed E-state index contributed by atoms with van der Waals surface area (Å²) in [5.41, 5.74) is 4.52. The largest absolute Gasteiger partial charge is 3.00 e. The zero-order chi connectivity index (χ0) is 53.2. The van der Waals surface area contributed by atoms with Gasteiger partial charge in [0, 0.05) is 89.7 Å². The van der Waals surface area contributed by atoms with Gasteiger partial charge < -0.3 is 57.9 Å². The average molecular weight is 1090 g/mol. The van der Waals surface area contributed by atoms with Crippen LogP contribution in [0.4, 0.5) is 23.0 Å². The van der Waals surface area contributed by atoms with Gasteiger partial charge in [-0.3, -0.25) is 67.7 Å². The normalized spacial score (nSPS) is 15.1. The number of carboxylic acid groups (broad SMARTS) is 5. The molecule has 2 amide bonds. The second kappa shape index (κ2) is 28.7. The number of carbonyl (C=O) groups excluding carboxylic acids is 2. The Morgan fingerprint density at radius 3 is 1.74 bits per heavy atom. The summed E-state index contributed by atoms with van der Waals surface area (Å²) in [5, 5.41) is 62.2. The zero-order valence-electron chi connectivity index (χ0n) is 40.1. The second-order valence-electron chi connectivity index (χ2n) is 17.0. The van der Waals surface area contributed by atoms with Crippen molar-refractivity contribution in [2.24, 2.45) is 0 Å². The van der Waals surface area contributed by atoms with Crippen molar-refractivity contribution in [2.45, 2.75) is 44.3 Å². The van der Waals surface area contributed by atoms with Crippen molar-refractivity contribution < 1.29 is 59.1 Å². The van der Waals surface area contributed by atoms with Crippen LogP contribution in [0.15, 0.2) is 44.8 Å². The third-order valence-electron chi connectivity index (χ3n) is 11.7. The van der Waals surface area contributed by atoms with Crippen LogP contribution in [0.2, 0.25) is 0 Å². The van der Waals surface area contributed by atoms with E-state index in [0.29, 0.717) is 11.4 Å². The molecule has 0 aliphatic carbocycles. The van der Waals surface area contributed by atoms with Crippen molar-refractivity contribution in [3.05, 3.63) is 72.5 Å². The Kier molecular flexibility index (Phi) is 22.9. The molecule has 4 aromatic rings. The van der Waals surface area contributed by atoms with E-state index in [0.717, 1.165) is 0 Å². The van der Waals surface area contributed by atoms with Gasteiger partial charge in [-0.1, -0.05) is 0 Å². The molecule has 1 aliphatic rings. The number of anilines is 4. The van der Waals surface area contributed by atoms with Gasteiger partial charge in [0.2, 0.25) is 11.9 Å². The van der Waals surface area contributed by atoms with Crippen LogP contribution in [0.3, 0.4) is 0 Å². The number of nitrogens with one attached hydrogen (secondary N) is 6. The molecule has 0 radical (unpaired) electrons. The Morgan fingerprint density at radius 1 is 0.676 bits per heavy atom. The van der Waals surface area contributed by atoms with Gasteiger partial charge in [0.1, 0.15) is 23.5 Å². The fraction of sp³-hybridized carbons (Fsp3) is 0.477. The molecule has 2 atom stereocenters. The fourth-order valence-corrected chi connectivity index (χ4v) is 7.85. The third-order valence-corrected chi connectivity index (χ3v) is 11.7. The summed E-state index contributed by atoms with van der Waals surface area (Å²) in [4.78, 5) is 143. The number of fused-ring (bicyclic) bond motifs is 1. The molecular formula is C44H58GaN14O15+3. The summed E-state index contributed by atoms with van der Waals surface area (Å²) >= 11 is 0. The number of carbonyl (C=O) groups is 7. The maximum atomic E-state index is 12.9. The first-order chi connectivity index (χ1) is 34.8. The summed E-state index contributed by atoms with van der Waals surface area (Å²) < 4.78 is 0. The number of H-pyrrole nitrogens is 1. The summed E-state index contributed by atoms with van der Waals surface area (Å²) in [6, 6.07) is 3.54. The number of rotatable bonds is 26. The molecule has 1 fully saturated rings. The summed E-state index contributed by atoms with van der Waals surface area (Å²) in [6.45, 7) is 0.122. The van der Waals surface area contributed by atoms with Crippen LogP contribution < -0.4 is 48.7 Å². The number of nitrogens with zero attached hydrogens (tertiary/aromatic N) is 7. The maximum absolute atomic E-state index is 12.9. The Morgan fingerprint density at radius 2 is 1.22 bits per heavy atom. The molecule has 1 aliphatic heterocycles. The summed E-state index contributed by atoms with van der Waals surface area (Å²) in [5.74, 6) is -7.27. The average Bonchev–Trinajstić information content (AvgIpc) is 3.33. The van der Waals surface area contributed by atoms with Crippen LogP contribution in [0.5, 0.6) is 0 Å². The first-order valence-electron chi connectivity index (χ1n) is 23.0. The van der Waals surface area contributed by atoms with E-state index in [1.54, 1.807) is 31.7 Å². The number of benzene rings is 1. The number of hydrogen-bond acceptors (Lipinski definition) is 21. The molecule has 2 aromatic heterocycles. The monoisotopic (exact) mass is 1090 g/mol. The van der Waals surface area contributed by atoms with Crippen molar-refractivity contribution in [3.8, 4) is 0 Å². The van der Waals surface area contributed by atoms with Crippen molar-refractivity contribution in [1.29, 1.82) is 0 Å². The van der Waals surface area contributed by atoms with E-state index in [1.165, 1.54) is 18.3 Å². The molecule has 0 saturated carbocycles. The van der Waals surface area contributed by atoms with Crippen LogP contribution in [-0.4, -0.2) is 230 Å². The molecule has 74 heavy (non-hydrogen) atoms. The second-order valence-corrected chi connectivity index (χ2v) is 17.0. The van der Waals surface area contributed by atoms with Gasteiger partial charge in [-0.05, 0) is 43.5 Å². The fourth-order valence-electron chi connectivity index (χ4n) is 7.85. The Hall–Kier alpha value is -7.51. The van der Waals surface area contributed by atoms with Gasteiger partial charge in [0.15, 0.2) is 11.2 Å². The van der Waals surface area contributed by atoms with Crippen molar-refractivity contribution in [1.82, 2.24) is 50.2 Å². The minimum Gasteiger partial charge on any atom is -0.480 e. The van der Waals surface area contributed by atoms with Crippen molar-refractivity contribution in [3.63, 3.8) is 0 Å². The molecule has 2 aromatic carbocycles. The van der Waals surface area contributed by atoms with Crippen LogP contribution in [0, 0.1) is 0 Å². The number of nitrogen functional groups attached to an aromatic ring is 1. The predicted molar refractivity (Wildman–Crippen MR) is 266 cm³/mol. The molecule has 0 bridgehead atoms. The number of amides is 2. The smallest absolute Gasteiger partial charge is 0.480 e. The van der Waals surface area contributed by atoms with E-state index >= 15 is 0 Å². The van der Waals surface area contributed by atoms with Gasteiger partial charge >= 0.3 is 49.6 Å². The van der Waals surface area contributed by atoms with Gasteiger partial charge in [-0.25, -0.2) is 14.8 Å². The number of aromatic amines is 1. The van der Waals surface area contributed by atoms with Crippen molar-refractivity contribution in [2.75, 3.05) is 113 Å². The number of aromatic nitrogens is 4. The first-order valence-corrected chi connectivity index (χ1v) is 23.0. The minimum atomic E-state index is -1.42. The van der Waals surface area contributed by atoms with Crippen LogP contribution in [0.25, 0.3) is 11.2 Å². The number of carboxylic acids is 5. The molecule has 5 rings (SSSR count). The maximum Gasteiger partial charge on any atom is 3.00 e. The number of aliphatic carboxylic acids is 5. The van der Waals surface area contributed by atoms with Gasteiger partial charge in [-0.2, -0.15) is 4.98 Å². The van der Waals surface area contributed by atoms with E-state index < -0.39 is 70.2 Å². The van der Waals surface area contributed by atoms with Gasteiger partial charge in [-0.15, -0.1) is 0 Å². The van der Waals surface area contributed by atoms with Crippen LogP contribution in [0.1, 0.15) is 41.7 Å². The standard InChI is InChI=1S/C44H58N14O15.Ga/c45-44-53-39-36(41(69)54-44)51-27(21-50-39)20-49-26-5-3-25(4-6-26)40(68)52-28(42(70)71)7-8-30(59)46-10-11-48-35-34(37(66)38(35)67)47-9-1-2-29(43(72)73)58-18-16-56(23-32(62)63)14-12-55(22-31(60)61)13-15-57(17-19-58)24-33(64)65;/h3-6,21,28-29,47-49H,1-2,7-20,22-24H2,(H,46,59)(H,52,68)(H,60,61)(H,62,63)(H,64,65)(H,70,71)(H,72,73)(H3,45,50,53,54,69);/q;+3/t28-,29?;/m0./s1/i;1-2. The Balaban J connectivity index is 0.0000119. The number of hydrogen-bond donors (Lipinski definition) is 12. The Bertz CT molecular complexity index is 2720. The van der Waals surface area contributed by atoms with Crippen LogP contribution in [-0.2, 0) is 35.3 Å². The topological polar surface area (TPSA) is 425 Å². The molecule has 1 unspecified atom stereocenters. The predicted octanol–water partition coefficient (Wildman–Crippen LogP) is -3.57. The molecule has 0 spiro atoms.